The van der Waals surface area contributed by atoms with Crippen molar-refractivity contribution in [3.8, 4) is 17.0 Å². The van der Waals surface area contributed by atoms with Crippen molar-refractivity contribution in [2.45, 2.75) is 43.4 Å². The number of nitrogens with zero attached hydrogens (tertiary/aromatic N) is 6. The molecule has 4 aromatic rings. The number of anilines is 1. The lowest BCUT2D eigenvalue weighted by Gasteiger charge is -2.26. The quantitative estimate of drug-likeness (QED) is 0.0426. The Morgan fingerprint density at radius 1 is 1.06 bits per heavy atom. The fourth-order valence-electron chi connectivity index (χ4n) is 4.73. The summed E-state index contributed by atoms with van der Waals surface area (Å²) in [6.07, 6.45) is 0.746. The van der Waals surface area contributed by atoms with Crippen molar-refractivity contribution in [2.24, 2.45) is 9.54 Å². The molecule has 1 atom stereocenters. The summed E-state index contributed by atoms with van der Waals surface area (Å²) in [5, 5.41) is 14.1. The lowest BCUT2D eigenvalue weighted by Crippen LogP contribution is -2.33. The van der Waals surface area contributed by atoms with E-state index < -0.39 is 76.5 Å². The Morgan fingerprint density at radius 3 is 2.44 bits per heavy atom. The van der Waals surface area contributed by atoms with Gasteiger partial charge in [-0.25, -0.2) is 36.2 Å². The largest absolute Gasteiger partial charge is 0.493 e. The Hall–Kier alpha value is -5.14. The average Bonchev–Trinajstić information content (AvgIpc) is 3.04. The highest BCUT2D eigenvalue weighted by Crippen LogP contribution is 2.35. The van der Waals surface area contributed by atoms with Crippen LogP contribution in [0.2, 0.25) is 5.28 Å². The van der Waals surface area contributed by atoms with Gasteiger partial charge in [0.2, 0.25) is 5.28 Å². The summed E-state index contributed by atoms with van der Waals surface area (Å²) in [5.41, 5.74) is -2.58. The first kappa shape index (κ1) is 39.6. The van der Waals surface area contributed by atoms with E-state index in [1.54, 1.807) is 20.8 Å². The van der Waals surface area contributed by atoms with Gasteiger partial charge in [0.05, 0.1) is 45.0 Å². The maximum Gasteiger partial charge on any atom is 0.442 e. The Bertz CT molecular complexity index is 2260. The van der Waals surface area contributed by atoms with Gasteiger partial charge in [-0.3, -0.25) is 14.4 Å². The molecule has 0 bridgehead atoms. The molecule has 1 aromatic heterocycles. The second-order valence-electron chi connectivity index (χ2n) is 12.1. The van der Waals surface area contributed by atoms with Crippen LogP contribution in [0.15, 0.2) is 81.3 Å². The second-order valence-corrected chi connectivity index (χ2v) is 16.7. The summed E-state index contributed by atoms with van der Waals surface area (Å²) in [4.78, 5) is 41.5. The smallest absolute Gasteiger partial charge is 0.442 e. The van der Waals surface area contributed by atoms with Crippen LogP contribution in [0.25, 0.3) is 11.3 Å². The summed E-state index contributed by atoms with van der Waals surface area (Å²) in [6.45, 7) is 4.03. The van der Waals surface area contributed by atoms with Gasteiger partial charge in [-0.2, -0.15) is 0 Å². The SMILES string of the molecule is CC(C)(C)OC(=O)N=S(C)(=O)Cc1cc(OCCCN(c2cc(-c3nc(Cl)ncc3F)ccc2F)S(=O)(=O)c2ccccc2N=O)cc([N+](=O)[O-])c1. The molecule has 1 unspecified atom stereocenters. The molecule has 1 amide bonds. The predicted molar refractivity (Wildman–Crippen MR) is 188 cm³/mol. The topological polar surface area (TPSA) is 201 Å². The van der Waals surface area contributed by atoms with Crippen LogP contribution in [-0.4, -0.2) is 58.6 Å². The van der Waals surface area contributed by atoms with Crippen LogP contribution in [0.4, 0.5) is 30.6 Å². The summed E-state index contributed by atoms with van der Waals surface area (Å²) in [6, 6.07) is 11.6. The van der Waals surface area contributed by atoms with Crippen molar-refractivity contribution in [3.63, 3.8) is 0 Å². The van der Waals surface area contributed by atoms with Crippen LogP contribution in [-0.2, 0) is 30.2 Å². The van der Waals surface area contributed by atoms with Crippen LogP contribution < -0.4 is 9.04 Å². The fraction of sp³-hybridized carbons (Fsp3) is 0.281. The molecule has 3 aromatic carbocycles. The third-order valence-electron chi connectivity index (χ3n) is 6.77. The van der Waals surface area contributed by atoms with E-state index in [2.05, 4.69) is 19.5 Å². The number of nitroso groups, excluding NO2 is 1. The van der Waals surface area contributed by atoms with Crippen molar-refractivity contribution < 1.29 is 40.6 Å². The van der Waals surface area contributed by atoms with Crippen LogP contribution >= 0.6 is 11.6 Å². The van der Waals surface area contributed by atoms with Crippen molar-refractivity contribution in [1.29, 1.82) is 0 Å². The van der Waals surface area contributed by atoms with E-state index in [0.717, 1.165) is 48.7 Å². The number of nitro benzene ring substituents is 1. The van der Waals surface area contributed by atoms with Gasteiger partial charge in [0, 0.05) is 30.9 Å². The molecule has 15 nitrogen and oxygen atoms in total. The molecular formula is C32H31ClF2N6O9S2. The van der Waals surface area contributed by atoms with E-state index in [-0.39, 0.29) is 46.6 Å². The first-order valence-electron chi connectivity index (χ1n) is 15.1. The summed E-state index contributed by atoms with van der Waals surface area (Å²) >= 11 is 5.83. The minimum Gasteiger partial charge on any atom is -0.493 e. The van der Waals surface area contributed by atoms with Crippen LogP contribution in [0, 0.1) is 26.7 Å². The summed E-state index contributed by atoms with van der Waals surface area (Å²) in [5.74, 6) is -2.40. The molecule has 0 aliphatic rings. The first-order valence-corrected chi connectivity index (χ1v) is 19.0. The second kappa shape index (κ2) is 16.0. The van der Waals surface area contributed by atoms with E-state index in [4.69, 9.17) is 21.1 Å². The molecule has 0 aliphatic carbocycles. The molecule has 0 spiro atoms. The maximum absolute atomic E-state index is 15.5. The van der Waals surface area contributed by atoms with E-state index in [9.17, 15) is 36.8 Å². The molecule has 0 saturated heterocycles. The lowest BCUT2D eigenvalue weighted by atomic mass is 10.1. The number of carbonyl (C=O) groups is 1. The van der Waals surface area contributed by atoms with Crippen molar-refractivity contribution >= 4 is 54.5 Å². The third-order valence-corrected chi connectivity index (χ3v) is 10.2. The number of aromatic nitrogens is 2. The number of non-ortho nitro benzene ring substituents is 1. The van der Waals surface area contributed by atoms with E-state index in [1.165, 1.54) is 24.5 Å². The monoisotopic (exact) mass is 780 g/mol. The highest BCUT2D eigenvalue weighted by molar-refractivity contribution is 7.93. The average molecular weight is 781 g/mol. The molecule has 52 heavy (non-hydrogen) atoms. The van der Waals surface area contributed by atoms with Gasteiger partial charge >= 0.3 is 6.09 Å². The molecule has 1 heterocycles. The number of hydrogen-bond acceptors (Lipinski definition) is 12. The van der Waals surface area contributed by atoms with Crippen LogP contribution in [0.5, 0.6) is 5.75 Å². The number of sulfonamides is 1. The van der Waals surface area contributed by atoms with Gasteiger partial charge in [-0.1, -0.05) is 12.1 Å². The number of nitro groups is 1. The van der Waals surface area contributed by atoms with Gasteiger partial charge in [-0.15, -0.1) is 9.27 Å². The van der Waals surface area contributed by atoms with Gasteiger partial charge in [0.1, 0.15) is 33.4 Å². The standard InChI is InChI=1S/C32H31ClF2N6O9S2/c1-32(2,3)50-31(42)39-51(4,46)19-20-14-22(41(44)45)17-23(15-20)49-13-7-12-40(52(47,48)28-9-6-5-8-26(28)38-43)27-16-21(10-11-24(27)34)29-25(35)18-36-30(33)37-29/h5-6,8-11,14-18H,7,12-13,19H2,1-4H3. The lowest BCUT2D eigenvalue weighted by molar-refractivity contribution is -0.385. The molecule has 0 fully saturated rings. The normalized spacial score (nSPS) is 12.8. The first-order chi connectivity index (χ1) is 24.3. The molecule has 4 rings (SSSR count). The van der Waals surface area contributed by atoms with Crippen molar-refractivity contribution in [1.82, 2.24) is 9.97 Å². The number of rotatable bonds is 13. The minimum absolute atomic E-state index is 0.0496. The van der Waals surface area contributed by atoms with E-state index in [1.807, 2.05) is 0 Å². The molecule has 0 aliphatic heterocycles. The minimum atomic E-state index is -4.73. The number of halogens is 3. The number of ether oxygens (including phenoxy) is 2. The van der Waals surface area contributed by atoms with Gasteiger partial charge < -0.3 is 9.47 Å². The Morgan fingerprint density at radius 2 is 1.77 bits per heavy atom. The highest BCUT2D eigenvalue weighted by atomic mass is 35.5. The number of amides is 1. The number of carbonyl (C=O) groups excluding carboxylic acids is 1. The molecule has 0 N–H and O–H groups in total. The fourth-order valence-corrected chi connectivity index (χ4v) is 7.69. The number of hydrogen-bond donors (Lipinski definition) is 0. The molecule has 276 valence electrons. The predicted octanol–water partition coefficient (Wildman–Crippen LogP) is 7.58. The molecular weight excluding hydrogens is 750 g/mol. The van der Waals surface area contributed by atoms with Gasteiger partial charge in [-0.05, 0) is 79.5 Å². The van der Waals surface area contributed by atoms with Crippen LogP contribution in [0.3, 0.4) is 0 Å². The summed E-state index contributed by atoms with van der Waals surface area (Å²) < 4.78 is 86.3. The number of benzene rings is 3. The molecule has 0 radical (unpaired) electrons. The van der Waals surface area contributed by atoms with Crippen molar-refractivity contribution in [2.75, 3.05) is 23.7 Å². The third kappa shape index (κ3) is 10.2. The molecule has 20 heteroatoms. The highest BCUT2D eigenvalue weighted by Gasteiger charge is 2.30. The molecule has 0 saturated carbocycles. The van der Waals surface area contributed by atoms with Gasteiger partial charge in [0.25, 0.3) is 15.7 Å². The van der Waals surface area contributed by atoms with Crippen LogP contribution in [0.1, 0.15) is 32.8 Å². The van der Waals surface area contributed by atoms with E-state index >= 15 is 4.39 Å². The zero-order valence-corrected chi connectivity index (χ0v) is 30.4. The maximum atomic E-state index is 15.5. The zero-order valence-electron chi connectivity index (χ0n) is 28.0. The van der Waals surface area contributed by atoms with Crippen molar-refractivity contribution in [3.05, 3.63) is 104 Å². The zero-order chi connectivity index (χ0) is 38.4. The summed E-state index contributed by atoms with van der Waals surface area (Å²) in [7, 11) is -8.00. The van der Waals surface area contributed by atoms with E-state index in [0.29, 0.717) is 4.31 Å². The Labute approximate surface area is 302 Å². The Balaban J connectivity index is 1.65. The Kier molecular flexibility index (Phi) is 12.2. The van der Waals surface area contributed by atoms with Gasteiger partial charge in [0.15, 0.2) is 5.82 Å².